The normalized spacial score (nSPS) is 11.4. The van der Waals surface area contributed by atoms with E-state index in [9.17, 15) is 8.42 Å². The van der Waals surface area contributed by atoms with Crippen LogP contribution >= 0.6 is 27.5 Å². The third-order valence-corrected chi connectivity index (χ3v) is 6.80. The van der Waals surface area contributed by atoms with Gasteiger partial charge in [-0.05, 0) is 73.0 Å². The first kappa shape index (κ1) is 25.5. The van der Waals surface area contributed by atoms with E-state index in [1.165, 1.54) is 12.1 Å². The van der Waals surface area contributed by atoms with Crippen LogP contribution in [0.5, 0.6) is 11.5 Å². The Kier molecular flexibility index (Phi) is 9.17. The SMILES string of the molecule is CCOc1cc(CNCCc2ccc(S(N)(=O)=O)cc2)c(Br)cc1OCc1ccc(Cl)cc1. The van der Waals surface area contributed by atoms with E-state index in [0.29, 0.717) is 36.3 Å². The Labute approximate surface area is 208 Å². The Hall–Kier alpha value is -2.10. The van der Waals surface area contributed by atoms with Crippen molar-refractivity contribution in [3.05, 3.63) is 86.8 Å². The van der Waals surface area contributed by atoms with Gasteiger partial charge in [-0.3, -0.25) is 0 Å². The Morgan fingerprint density at radius 2 is 1.61 bits per heavy atom. The summed E-state index contributed by atoms with van der Waals surface area (Å²) < 4.78 is 35.4. The van der Waals surface area contributed by atoms with Gasteiger partial charge in [0, 0.05) is 16.0 Å². The van der Waals surface area contributed by atoms with Gasteiger partial charge in [0.25, 0.3) is 0 Å². The molecular formula is C24H26BrClN2O4S. The molecule has 0 fully saturated rings. The highest BCUT2D eigenvalue weighted by molar-refractivity contribution is 9.10. The van der Waals surface area contributed by atoms with E-state index in [-0.39, 0.29) is 4.90 Å². The Morgan fingerprint density at radius 3 is 2.24 bits per heavy atom. The van der Waals surface area contributed by atoms with Crippen LogP contribution in [0, 0.1) is 0 Å². The summed E-state index contributed by atoms with van der Waals surface area (Å²) in [6, 6.07) is 18.0. The standard InChI is InChI=1S/C24H26BrClN2O4S/c1-2-31-23-13-19(15-28-12-11-17-5-9-21(10-6-17)33(27,29)30)22(25)14-24(23)32-16-18-3-7-20(26)8-4-18/h3-10,13-14,28H,2,11-12,15-16H2,1H3,(H2,27,29,30). The van der Waals surface area contributed by atoms with Gasteiger partial charge in [-0.1, -0.05) is 51.8 Å². The summed E-state index contributed by atoms with van der Waals surface area (Å²) in [6.07, 6.45) is 0.753. The Morgan fingerprint density at radius 1 is 0.970 bits per heavy atom. The van der Waals surface area contributed by atoms with Gasteiger partial charge in [-0.25, -0.2) is 13.6 Å². The van der Waals surface area contributed by atoms with Crippen LogP contribution in [-0.2, 0) is 29.6 Å². The lowest BCUT2D eigenvalue weighted by Crippen LogP contribution is -2.17. The minimum Gasteiger partial charge on any atom is -0.490 e. The highest BCUT2D eigenvalue weighted by Crippen LogP contribution is 2.34. The van der Waals surface area contributed by atoms with Crippen LogP contribution in [0.2, 0.25) is 5.02 Å². The number of sulfonamides is 1. The molecule has 0 aliphatic carbocycles. The largest absolute Gasteiger partial charge is 0.490 e. The van der Waals surface area contributed by atoms with Crippen LogP contribution in [0.25, 0.3) is 0 Å². The molecule has 0 heterocycles. The molecule has 0 amide bonds. The number of hydrogen-bond acceptors (Lipinski definition) is 5. The minimum absolute atomic E-state index is 0.116. The van der Waals surface area contributed by atoms with Crippen LogP contribution in [0.3, 0.4) is 0 Å². The first-order chi connectivity index (χ1) is 15.8. The molecule has 3 rings (SSSR count). The number of ether oxygens (including phenoxy) is 2. The maximum Gasteiger partial charge on any atom is 0.238 e. The monoisotopic (exact) mass is 552 g/mol. The fourth-order valence-electron chi connectivity index (χ4n) is 3.14. The van der Waals surface area contributed by atoms with Crippen LogP contribution < -0.4 is 19.9 Å². The van der Waals surface area contributed by atoms with Crippen molar-refractivity contribution in [3.63, 3.8) is 0 Å². The second-order valence-corrected chi connectivity index (χ2v) is 10.2. The molecule has 0 spiro atoms. The third kappa shape index (κ3) is 7.72. The van der Waals surface area contributed by atoms with E-state index < -0.39 is 10.0 Å². The molecule has 3 N–H and O–H groups in total. The van der Waals surface area contributed by atoms with Gasteiger partial charge in [0.2, 0.25) is 10.0 Å². The fraction of sp³-hybridized carbons (Fsp3) is 0.250. The molecule has 0 bridgehead atoms. The van der Waals surface area contributed by atoms with Gasteiger partial charge >= 0.3 is 0 Å². The average molecular weight is 554 g/mol. The molecule has 0 aliphatic heterocycles. The maximum absolute atomic E-state index is 11.4. The molecule has 176 valence electrons. The van der Waals surface area contributed by atoms with E-state index >= 15 is 0 Å². The maximum atomic E-state index is 11.4. The van der Waals surface area contributed by atoms with Crippen molar-refractivity contribution >= 4 is 37.6 Å². The zero-order valence-electron chi connectivity index (χ0n) is 18.2. The highest BCUT2D eigenvalue weighted by Gasteiger charge is 2.12. The molecule has 0 aromatic heterocycles. The fourth-order valence-corrected chi connectivity index (χ4v) is 4.24. The summed E-state index contributed by atoms with van der Waals surface area (Å²) in [5.41, 5.74) is 3.08. The van der Waals surface area contributed by atoms with Crippen molar-refractivity contribution in [2.45, 2.75) is 31.4 Å². The number of benzene rings is 3. The predicted molar refractivity (Wildman–Crippen MR) is 134 cm³/mol. The van der Waals surface area contributed by atoms with Crippen LogP contribution in [0.1, 0.15) is 23.6 Å². The van der Waals surface area contributed by atoms with Crippen LogP contribution in [0.4, 0.5) is 0 Å². The van der Waals surface area contributed by atoms with E-state index in [4.69, 9.17) is 26.2 Å². The molecular weight excluding hydrogens is 528 g/mol. The summed E-state index contributed by atoms with van der Waals surface area (Å²) in [5.74, 6) is 1.35. The first-order valence-corrected chi connectivity index (χ1v) is 13.1. The van der Waals surface area contributed by atoms with Crippen molar-refractivity contribution in [2.24, 2.45) is 5.14 Å². The second kappa shape index (κ2) is 11.9. The lowest BCUT2D eigenvalue weighted by atomic mass is 10.1. The van der Waals surface area contributed by atoms with Crippen molar-refractivity contribution < 1.29 is 17.9 Å². The number of primary sulfonamides is 1. The molecule has 0 saturated heterocycles. The van der Waals surface area contributed by atoms with E-state index in [2.05, 4.69) is 21.2 Å². The molecule has 0 unspecified atom stereocenters. The lowest BCUT2D eigenvalue weighted by molar-refractivity contribution is 0.269. The molecule has 3 aromatic rings. The molecule has 6 nitrogen and oxygen atoms in total. The summed E-state index contributed by atoms with van der Waals surface area (Å²) in [5, 5.41) is 9.23. The van der Waals surface area contributed by atoms with E-state index in [1.54, 1.807) is 12.1 Å². The summed E-state index contributed by atoms with van der Waals surface area (Å²) >= 11 is 9.57. The van der Waals surface area contributed by atoms with Gasteiger partial charge in [0.05, 0.1) is 11.5 Å². The number of nitrogens with two attached hydrogens (primary N) is 1. The van der Waals surface area contributed by atoms with Gasteiger partial charge < -0.3 is 14.8 Å². The molecule has 0 radical (unpaired) electrons. The first-order valence-electron chi connectivity index (χ1n) is 10.4. The molecule has 0 saturated carbocycles. The highest BCUT2D eigenvalue weighted by atomic mass is 79.9. The number of halogens is 2. The smallest absolute Gasteiger partial charge is 0.238 e. The van der Waals surface area contributed by atoms with Gasteiger partial charge in [0.15, 0.2) is 11.5 Å². The quantitative estimate of drug-likeness (QED) is 0.324. The van der Waals surface area contributed by atoms with Crippen molar-refractivity contribution in [1.82, 2.24) is 5.32 Å². The van der Waals surface area contributed by atoms with Crippen molar-refractivity contribution in [3.8, 4) is 11.5 Å². The second-order valence-electron chi connectivity index (χ2n) is 7.35. The average Bonchev–Trinajstić information content (AvgIpc) is 2.78. The molecule has 9 heteroatoms. The molecule has 33 heavy (non-hydrogen) atoms. The van der Waals surface area contributed by atoms with E-state index in [0.717, 1.165) is 34.1 Å². The number of rotatable bonds is 11. The zero-order chi connectivity index (χ0) is 23.8. The Balaban J connectivity index is 1.58. The molecule has 3 aromatic carbocycles. The van der Waals surface area contributed by atoms with E-state index in [1.807, 2.05) is 43.3 Å². The summed E-state index contributed by atoms with van der Waals surface area (Å²) in [7, 11) is -3.67. The third-order valence-electron chi connectivity index (χ3n) is 4.88. The zero-order valence-corrected chi connectivity index (χ0v) is 21.3. The van der Waals surface area contributed by atoms with Gasteiger partial charge in [0.1, 0.15) is 6.61 Å². The molecule has 0 atom stereocenters. The molecule has 0 aliphatic rings. The topological polar surface area (TPSA) is 90.6 Å². The minimum atomic E-state index is -3.67. The number of nitrogens with one attached hydrogen (secondary N) is 1. The van der Waals surface area contributed by atoms with Crippen molar-refractivity contribution in [2.75, 3.05) is 13.2 Å². The van der Waals surface area contributed by atoms with Gasteiger partial charge in [-0.2, -0.15) is 0 Å². The van der Waals surface area contributed by atoms with Crippen molar-refractivity contribution in [1.29, 1.82) is 0 Å². The lowest BCUT2D eigenvalue weighted by Gasteiger charge is -2.16. The summed E-state index contributed by atoms with van der Waals surface area (Å²) in [6.45, 7) is 4.23. The van der Waals surface area contributed by atoms with Crippen LogP contribution in [0.15, 0.2) is 70.0 Å². The predicted octanol–water partition coefficient (Wildman–Crippen LogP) is 5.06. The van der Waals surface area contributed by atoms with Gasteiger partial charge in [-0.15, -0.1) is 0 Å². The number of hydrogen-bond donors (Lipinski definition) is 2. The summed E-state index contributed by atoms with van der Waals surface area (Å²) in [4.78, 5) is 0.116. The van der Waals surface area contributed by atoms with Crippen LogP contribution in [-0.4, -0.2) is 21.6 Å². The Bertz CT molecular complexity index is 1170.